The first-order valence-electron chi connectivity index (χ1n) is 6.01. The Morgan fingerprint density at radius 2 is 1.78 bits per heavy atom. The molecule has 0 unspecified atom stereocenters. The maximum Gasteiger partial charge on any atom is 0.339 e. The molecule has 5 heteroatoms. The molecule has 1 aromatic rings. The second-order valence-corrected chi connectivity index (χ2v) is 5.24. The molecule has 0 saturated heterocycles. The molecule has 4 nitrogen and oxygen atoms in total. The number of thiophene rings is 1. The lowest BCUT2D eigenvalue weighted by atomic mass is 9.92. The molecular weight excluding hydrogens is 252 g/mol. The Hall–Kier alpha value is -0.910. The second kappa shape index (κ2) is 6.31. The van der Waals surface area contributed by atoms with Crippen LogP contribution in [0.25, 0.3) is 0 Å². The fourth-order valence-electron chi connectivity index (χ4n) is 2.25. The van der Waals surface area contributed by atoms with Crippen molar-refractivity contribution in [1.29, 1.82) is 0 Å². The Labute approximate surface area is 111 Å². The summed E-state index contributed by atoms with van der Waals surface area (Å²) in [5.41, 5.74) is 0.619. The normalized spacial score (nSPS) is 28.0. The van der Waals surface area contributed by atoms with Crippen LogP contribution in [0.3, 0.4) is 0 Å². The summed E-state index contributed by atoms with van der Waals surface area (Å²) in [6.45, 7) is 0. The van der Waals surface area contributed by atoms with Crippen LogP contribution >= 0.6 is 11.3 Å². The fraction of sp³-hybridized carbons (Fsp3) is 0.615. The van der Waals surface area contributed by atoms with Gasteiger partial charge in [-0.15, -0.1) is 0 Å². The standard InChI is InChI=1S/C13H18O4S/c1-15-10-5-11(16-2)7-12(6-10)17-13(14)9-3-4-18-8-9/h3-4,8,10-12H,5-7H2,1-2H3/t10-,11-/m1/s1. The van der Waals surface area contributed by atoms with Gasteiger partial charge in [-0.3, -0.25) is 0 Å². The van der Waals surface area contributed by atoms with E-state index in [1.165, 1.54) is 11.3 Å². The Kier molecular flexibility index (Phi) is 4.74. The molecule has 100 valence electrons. The molecule has 18 heavy (non-hydrogen) atoms. The molecule has 0 bridgehead atoms. The smallest absolute Gasteiger partial charge is 0.339 e. The molecule has 0 N–H and O–H groups in total. The summed E-state index contributed by atoms with van der Waals surface area (Å²) in [5, 5.41) is 3.67. The predicted octanol–water partition coefficient (Wildman–Crippen LogP) is 2.49. The quantitative estimate of drug-likeness (QED) is 0.788. The van der Waals surface area contributed by atoms with Crippen molar-refractivity contribution in [3.05, 3.63) is 22.4 Å². The Balaban J connectivity index is 1.93. The molecule has 1 aliphatic carbocycles. The summed E-state index contributed by atoms with van der Waals surface area (Å²) in [4.78, 5) is 11.9. The van der Waals surface area contributed by atoms with Gasteiger partial charge in [0.05, 0.1) is 17.8 Å². The van der Waals surface area contributed by atoms with Crippen LogP contribution in [0.1, 0.15) is 29.6 Å². The van der Waals surface area contributed by atoms with Crippen molar-refractivity contribution in [1.82, 2.24) is 0 Å². The summed E-state index contributed by atoms with van der Waals surface area (Å²) >= 11 is 1.49. The van der Waals surface area contributed by atoms with Gasteiger partial charge < -0.3 is 14.2 Å². The average Bonchev–Trinajstić information content (AvgIpc) is 2.92. The van der Waals surface area contributed by atoms with Gasteiger partial charge in [-0.05, 0) is 11.4 Å². The predicted molar refractivity (Wildman–Crippen MR) is 69.0 cm³/mol. The zero-order valence-corrected chi connectivity index (χ0v) is 11.4. The first kappa shape index (κ1) is 13.5. The van der Waals surface area contributed by atoms with Gasteiger partial charge in [0.15, 0.2) is 0 Å². The van der Waals surface area contributed by atoms with Gasteiger partial charge >= 0.3 is 5.97 Å². The van der Waals surface area contributed by atoms with E-state index in [4.69, 9.17) is 14.2 Å². The highest BCUT2D eigenvalue weighted by Crippen LogP contribution is 2.26. The first-order valence-corrected chi connectivity index (χ1v) is 6.96. The molecule has 0 aliphatic heterocycles. The second-order valence-electron chi connectivity index (χ2n) is 4.46. The van der Waals surface area contributed by atoms with Crippen molar-refractivity contribution in [3.63, 3.8) is 0 Å². The average molecular weight is 270 g/mol. The number of carbonyl (C=O) groups excluding carboxylic acids is 1. The van der Waals surface area contributed by atoms with E-state index in [1.807, 2.05) is 5.38 Å². The lowest BCUT2D eigenvalue weighted by molar-refractivity contribution is -0.0655. The van der Waals surface area contributed by atoms with E-state index in [-0.39, 0.29) is 24.3 Å². The van der Waals surface area contributed by atoms with Gasteiger partial charge in [0.1, 0.15) is 6.10 Å². The van der Waals surface area contributed by atoms with Crippen LogP contribution in [0.2, 0.25) is 0 Å². The number of carbonyl (C=O) groups is 1. The Morgan fingerprint density at radius 1 is 1.17 bits per heavy atom. The van der Waals surface area contributed by atoms with E-state index in [2.05, 4.69) is 0 Å². The first-order chi connectivity index (χ1) is 8.72. The minimum atomic E-state index is -0.257. The van der Waals surface area contributed by atoms with Crippen molar-refractivity contribution in [2.75, 3.05) is 14.2 Å². The largest absolute Gasteiger partial charge is 0.459 e. The third-order valence-electron chi connectivity index (χ3n) is 3.27. The van der Waals surface area contributed by atoms with Crippen molar-refractivity contribution in [2.45, 2.75) is 37.6 Å². The lowest BCUT2D eigenvalue weighted by Gasteiger charge is -2.32. The van der Waals surface area contributed by atoms with Gasteiger partial charge in [0.25, 0.3) is 0 Å². The minimum Gasteiger partial charge on any atom is -0.459 e. The minimum absolute atomic E-state index is 0.101. The summed E-state index contributed by atoms with van der Waals surface area (Å²) in [6.07, 6.45) is 2.42. The number of rotatable bonds is 4. The summed E-state index contributed by atoms with van der Waals surface area (Å²) in [6, 6.07) is 1.78. The third kappa shape index (κ3) is 3.31. The van der Waals surface area contributed by atoms with Crippen LogP contribution in [-0.4, -0.2) is 38.5 Å². The van der Waals surface area contributed by atoms with Gasteiger partial charge in [-0.2, -0.15) is 11.3 Å². The highest BCUT2D eigenvalue weighted by atomic mass is 32.1. The van der Waals surface area contributed by atoms with E-state index in [0.29, 0.717) is 5.56 Å². The monoisotopic (exact) mass is 270 g/mol. The lowest BCUT2D eigenvalue weighted by Crippen LogP contribution is -2.37. The van der Waals surface area contributed by atoms with Gasteiger partial charge in [-0.1, -0.05) is 0 Å². The van der Waals surface area contributed by atoms with E-state index in [0.717, 1.165) is 19.3 Å². The molecule has 1 aromatic heterocycles. The Morgan fingerprint density at radius 3 is 2.28 bits per heavy atom. The molecule has 1 fully saturated rings. The number of ether oxygens (including phenoxy) is 3. The van der Waals surface area contributed by atoms with Gasteiger partial charge in [0, 0.05) is 38.9 Å². The number of hydrogen-bond acceptors (Lipinski definition) is 5. The highest BCUT2D eigenvalue weighted by molar-refractivity contribution is 7.08. The van der Waals surface area contributed by atoms with Crippen LogP contribution < -0.4 is 0 Å². The molecule has 0 aromatic carbocycles. The van der Waals surface area contributed by atoms with Crippen LogP contribution in [0, 0.1) is 0 Å². The van der Waals surface area contributed by atoms with E-state index >= 15 is 0 Å². The molecule has 1 heterocycles. The highest BCUT2D eigenvalue weighted by Gasteiger charge is 2.31. The van der Waals surface area contributed by atoms with Crippen molar-refractivity contribution >= 4 is 17.3 Å². The number of esters is 1. The molecule has 0 amide bonds. The van der Waals surface area contributed by atoms with Crippen LogP contribution in [-0.2, 0) is 14.2 Å². The summed E-state index contributed by atoms with van der Waals surface area (Å²) < 4.78 is 16.2. The molecule has 2 rings (SSSR count). The summed E-state index contributed by atoms with van der Waals surface area (Å²) in [7, 11) is 3.36. The fourth-order valence-corrected chi connectivity index (χ4v) is 2.87. The molecule has 0 spiro atoms. The summed E-state index contributed by atoms with van der Waals surface area (Å²) in [5.74, 6) is -0.257. The van der Waals surface area contributed by atoms with Crippen molar-refractivity contribution < 1.29 is 19.0 Å². The zero-order chi connectivity index (χ0) is 13.0. The van der Waals surface area contributed by atoms with Crippen LogP contribution in [0.5, 0.6) is 0 Å². The number of hydrogen-bond donors (Lipinski definition) is 0. The van der Waals surface area contributed by atoms with Crippen LogP contribution in [0.15, 0.2) is 16.8 Å². The molecule has 1 aliphatic rings. The van der Waals surface area contributed by atoms with Crippen molar-refractivity contribution in [3.8, 4) is 0 Å². The third-order valence-corrected chi connectivity index (χ3v) is 3.96. The van der Waals surface area contributed by atoms with Gasteiger partial charge in [-0.25, -0.2) is 4.79 Å². The molecule has 2 atom stereocenters. The topological polar surface area (TPSA) is 44.8 Å². The van der Waals surface area contributed by atoms with E-state index < -0.39 is 0 Å². The SMILES string of the molecule is CO[C@H]1CC(OC(=O)c2ccsc2)C[C@H](OC)C1. The maximum absolute atomic E-state index is 11.9. The van der Waals surface area contributed by atoms with Gasteiger partial charge in [0.2, 0.25) is 0 Å². The molecule has 1 saturated carbocycles. The zero-order valence-electron chi connectivity index (χ0n) is 10.6. The van der Waals surface area contributed by atoms with E-state index in [1.54, 1.807) is 25.7 Å². The number of methoxy groups -OCH3 is 2. The molecule has 0 radical (unpaired) electrons. The molecular formula is C13H18O4S. The van der Waals surface area contributed by atoms with E-state index in [9.17, 15) is 4.79 Å². The Bertz CT molecular complexity index is 364. The van der Waals surface area contributed by atoms with Crippen LogP contribution in [0.4, 0.5) is 0 Å². The van der Waals surface area contributed by atoms with Crippen molar-refractivity contribution in [2.24, 2.45) is 0 Å². The maximum atomic E-state index is 11.9.